The molecule has 1 aliphatic rings. The van der Waals surface area contributed by atoms with E-state index in [0.717, 1.165) is 35.7 Å². The second-order valence-corrected chi connectivity index (χ2v) is 6.78. The van der Waals surface area contributed by atoms with Crippen molar-refractivity contribution >= 4 is 5.97 Å². The summed E-state index contributed by atoms with van der Waals surface area (Å²) in [5.74, 6) is -0.0767. The number of carboxylic acid groups (broad SMARTS) is 1. The molecular weight excluding hydrogens is 328 g/mol. The Hall–Kier alpha value is -2.40. The van der Waals surface area contributed by atoms with E-state index in [4.69, 9.17) is 4.74 Å². The molecule has 1 atom stereocenters. The van der Waals surface area contributed by atoms with Crippen LogP contribution in [0.4, 0.5) is 0 Å². The Kier molecular flexibility index (Phi) is 5.89. The minimum absolute atomic E-state index is 0.0342. The van der Waals surface area contributed by atoms with Crippen LogP contribution >= 0.6 is 0 Å². The highest BCUT2D eigenvalue weighted by Crippen LogP contribution is 2.36. The molecule has 1 fully saturated rings. The number of aromatic nitrogens is 1. The van der Waals surface area contributed by atoms with E-state index in [1.54, 1.807) is 0 Å². The normalized spacial score (nSPS) is 17.0. The van der Waals surface area contributed by atoms with Gasteiger partial charge in [-0.2, -0.15) is 0 Å². The summed E-state index contributed by atoms with van der Waals surface area (Å²) in [7, 11) is 0. The molecule has 1 aliphatic heterocycles. The standard InChI is InChI=1S/C21H26N2O3/c1-3-26-19-7-5-4-6-17(19)20(18-9-8-15(2)14-22-18)23-12-10-16(11-13-23)21(24)25/h4-9,14,16,20H,3,10-13H2,1-2H3,(H,24,25). The van der Waals surface area contributed by atoms with Gasteiger partial charge in [-0.05, 0) is 57.5 Å². The molecule has 5 heteroatoms. The van der Waals surface area contributed by atoms with Gasteiger partial charge in [-0.15, -0.1) is 0 Å². The Morgan fingerprint density at radius 3 is 2.62 bits per heavy atom. The van der Waals surface area contributed by atoms with Crippen LogP contribution in [0.15, 0.2) is 42.6 Å². The smallest absolute Gasteiger partial charge is 0.306 e. The molecule has 1 N–H and O–H groups in total. The topological polar surface area (TPSA) is 62.7 Å². The molecule has 1 aromatic carbocycles. The Morgan fingerprint density at radius 2 is 2.00 bits per heavy atom. The van der Waals surface area contributed by atoms with Gasteiger partial charge < -0.3 is 9.84 Å². The molecule has 1 saturated heterocycles. The molecule has 0 spiro atoms. The van der Waals surface area contributed by atoms with E-state index in [1.807, 2.05) is 38.2 Å². The summed E-state index contributed by atoms with van der Waals surface area (Å²) in [5, 5.41) is 9.29. The molecule has 2 heterocycles. The number of rotatable bonds is 6. The zero-order chi connectivity index (χ0) is 18.5. The predicted octanol–water partition coefficient (Wildman–Crippen LogP) is 3.67. The van der Waals surface area contributed by atoms with E-state index < -0.39 is 5.97 Å². The highest BCUT2D eigenvalue weighted by atomic mass is 16.5. The summed E-state index contributed by atoms with van der Waals surface area (Å²) >= 11 is 0. The summed E-state index contributed by atoms with van der Waals surface area (Å²) < 4.78 is 5.86. The summed E-state index contributed by atoms with van der Waals surface area (Å²) in [6.45, 7) is 6.08. The molecule has 0 amide bonds. The number of hydrogen-bond donors (Lipinski definition) is 1. The lowest BCUT2D eigenvalue weighted by atomic mass is 9.92. The molecule has 0 aliphatic carbocycles. The van der Waals surface area contributed by atoms with Gasteiger partial charge in [0.1, 0.15) is 5.75 Å². The number of nitrogens with zero attached hydrogens (tertiary/aromatic N) is 2. The molecule has 0 bridgehead atoms. The van der Waals surface area contributed by atoms with Gasteiger partial charge in [-0.25, -0.2) is 0 Å². The Labute approximate surface area is 154 Å². The fourth-order valence-electron chi connectivity index (χ4n) is 3.58. The van der Waals surface area contributed by atoms with E-state index in [0.29, 0.717) is 19.4 Å². The van der Waals surface area contributed by atoms with Gasteiger partial charge in [0.25, 0.3) is 0 Å². The molecule has 3 rings (SSSR count). The molecule has 2 aromatic rings. The minimum atomic E-state index is -0.690. The molecule has 26 heavy (non-hydrogen) atoms. The minimum Gasteiger partial charge on any atom is -0.494 e. The highest BCUT2D eigenvalue weighted by molar-refractivity contribution is 5.70. The summed E-state index contributed by atoms with van der Waals surface area (Å²) in [4.78, 5) is 18.3. The Morgan fingerprint density at radius 1 is 1.27 bits per heavy atom. The third-order valence-electron chi connectivity index (χ3n) is 4.97. The Balaban J connectivity index is 1.95. The van der Waals surface area contributed by atoms with Crippen molar-refractivity contribution in [3.05, 3.63) is 59.4 Å². The zero-order valence-corrected chi connectivity index (χ0v) is 15.4. The van der Waals surface area contributed by atoms with E-state index in [1.165, 1.54) is 0 Å². The van der Waals surface area contributed by atoms with Crippen molar-refractivity contribution in [3.63, 3.8) is 0 Å². The SMILES string of the molecule is CCOc1ccccc1C(c1ccc(C)cn1)N1CCC(C(=O)O)CC1. The first kappa shape index (κ1) is 18.4. The number of carbonyl (C=O) groups is 1. The van der Waals surface area contributed by atoms with Crippen LogP contribution in [0.25, 0.3) is 0 Å². The first-order valence-corrected chi connectivity index (χ1v) is 9.21. The number of hydrogen-bond acceptors (Lipinski definition) is 4. The number of carboxylic acids is 1. The predicted molar refractivity (Wildman–Crippen MR) is 100 cm³/mol. The van der Waals surface area contributed by atoms with Gasteiger partial charge in [-0.1, -0.05) is 24.3 Å². The van der Waals surface area contributed by atoms with Crippen molar-refractivity contribution < 1.29 is 14.6 Å². The number of likely N-dealkylation sites (tertiary alicyclic amines) is 1. The summed E-state index contributed by atoms with van der Waals surface area (Å²) in [6.07, 6.45) is 3.21. The van der Waals surface area contributed by atoms with Crippen LogP contribution in [0, 0.1) is 12.8 Å². The van der Waals surface area contributed by atoms with E-state index >= 15 is 0 Å². The van der Waals surface area contributed by atoms with Crippen molar-refractivity contribution in [2.75, 3.05) is 19.7 Å². The number of aliphatic carboxylic acids is 1. The number of piperidine rings is 1. The summed E-state index contributed by atoms with van der Waals surface area (Å²) in [5.41, 5.74) is 3.17. The largest absolute Gasteiger partial charge is 0.494 e. The fourth-order valence-corrected chi connectivity index (χ4v) is 3.58. The number of pyridine rings is 1. The van der Waals surface area contributed by atoms with Crippen LogP contribution in [0.1, 0.15) is 42.6 Å². The third-order valence-corrected chi connectivity index (χ3v) is 4.97. The van der Waals surface area contributed by atoms with Crippen molar-refractivity contribution in [2.24, 2.45) is 5.92 Å². The third kappa shape index (κ3) is 4.05. The molecule has 0 radical (unpaired) electrons. The van der Waals surface area contributed by atoms with E-state index in [-0.39, 0.29) is 12.0 Å². The van der Waals surface area contributed by atoms with Crippen molar-refractivity contribution in [3.8, 4) is 5.75 Å². The van der Waals surface area contributed by atoms with Gasteiger partial charge in [0.05, 0.1) is 24.3 Å². The zero-order valence-electron chi connectivity index (χ0n) is 15.4. The van der Waals surface area contributed by atoms with Crippen LogP contribution in [-0.4, -0.2) is 40.7 Å². The van der Waals surface area contributed by atoms with Crippen molar-refractivity contribution in [1.82, 2.24) is 9.88 Å². The van der Waals surface area contributed by atoms with Crippen LogP contribution in [0.3, 0.4) is 0 Å². The van der Waals surface area contributed by atoms with Gasteiger partial charge >= 0.3 is 5.97 Å². The number of aryl methyl sites for hydroxylation is 1. The maximum absolute atomic E-state index is 11.3. The quantitative estimate of drug-likeness (QED) is 0.857. The number of benzene rings is 1. The van der Waals surface area contributed by atoms with Crippen LogP contribution in [-0.2, 0) is 4.79 Å². The molecule has 1 aromatic heterocycles. The lowest BCUT2D eigenvalue weighted by Crippen LogP contribution is -2.39. The lowest BCUT2D eigenvalue weighted by Gasteiger charge is -2.37. The highest BCUT2D eigenvalue weighted by Gasteiger charge is 2.32. The van der Waals surface area contributed by atoms with Crippen molar-refractivity contribution in [1.29, 1.82) is 0 Å². The Bertz CT molecular complexity index is 737. The molecule has 138 valence electrons. The maximum Gasteiger partial charge on any atom is 0.306 e. The van der Waals surface area contributed by atoms with Gasteiger partial charge in [0, 0.05) is 11.8 Å². The summed E-state index contributed by atoms with van der Waals surface area (Å²) in [6, 6.07) is 12.2. The van der Waals surface area contributed by atoms with E-state index in [9.17, 15) is 9.90 Å². The second-order valence-electron chi connectivity index (χ2n) is 6.78. The molecular formula is C21H26N2O3. The van der Waals surface area contributed by atoms with E-state index in [2.05, 4.69) is 28.1 Å². The van der Waals surface area contributed by atoms with Crippen molar-refractivity contribution in [2.45, 2.75) is 32.7 Å². The monoisotopic (exact) mass is 354 g/mol. The molecule has 5 nitrogen and oxygen atoms in total. The first-order valence-electron chi connectivity index (χ1n) is 9.21. The number of ether oxygens (including phenoxy) is 1. The van der Waals surface area contributed by atoms with Gasteiger partial charge in [0.2, 0.25) is 0 Å². The second kappa shape index (κ2) is 8.32. The average molecular weight is 354 g/mol. The average Bonchev–Trinajstić information content (AvgIpc) is 2.65. The van der Waals surface area contributed by atoms with Crippen LogP contribution in [0.2, 0.25) is 0 Å². The van der Waals surface area contributed by atoms with Gasteiger partial charge in [-0.3, -0.25) is 14.7 Å². The lowest BCUT2D eigenvalue weighted by molar-refractivity contribution is -0.143. The first-order chi connectivity index (χ1) is 12.6. The van der Waals surface area contributed by atoms with Crippen LogP contribution < -0.4 is 4.74 Å². The molecule has 0 saturated carbocycles. The van der Waals surface area contributed by atoms with Gasteiger partial charge in [0.15, 0.2) is 0 Å². The molecule has 1 unspecified atom stereocenters. The fraction of sp³-hybridized carbons (Fsp3) is 0.429. The maximum atomic E-state index is 11.3. The number of para-hydroxylation sites is 1. The van der Waals surface area contributed by atoms with Crippen LogP contribution in [0.5, 0.6) is 5.75 Å².